The molecule has 1 aromatic carbocycles. The van der Waals surface area contributed by atoms with Crippen molar-refractivity contribution in [3.63, 3.8) is 0 Å². The van der Waals surface area contributed by atoms with E-state index >= 15 is 0 Å². The summed E-state index contributed by atoms with van der Waals surface area (Å²) in [5, 5.41) is 0. The Hall–Kier alpha value is -1.89. The average molecular weight is 277 g/mol. The topological polar surface area (TPSA) is 12.9 Å². The Kier molecular flexibility index (Phi) is 3.44. The molecule has 0 aliphatic heterocycles. The fourth-order valence-corrected chi connectivity index (χ4v) is 3.06. The molecule has 1 aromatic heterocycles. The molecule has 0 saturated carbocycles. The molecule has 0 atom stereocenters. The molecule has 0 saturated heterocycles. The van der Waals surface area contributed by atoms with Crippen LogP contribution in [0, 0.1) is 19.3 Å². The van der Waals surface area contributed by atoms with Crippen LogP contribution < -0.4 is 0 Å². The number of allylic oxidation sites excluding steroid dienone is 1. The number of rotatable bonds is 1. The van der Waals surface area contributed by atoms with Crippen molar-refractivity contribution < 1.29 is 0 Å². The lowest BCUT2D eigenvalue weighted by Gasteiger charge is -2.34. The first-order valence-electron chi connectivity index (χ1n) is 7.70. The van der Waals surface area contributed by atoms with E-state index in [1.165, 1.54) is 39.9 Å². The van der Waals surface area contributed by atoms with Gasteiger partial charge in [-0.3, -0.25) is 4.98 Å². The summed E-state index contributed by atoms with van der Waals surface area (Å²) in [5.41, 5.74) is 7.95. The van der Waals surface area contributed by atoms with Crippen molar-refractivity contribution in [1.82, 2.24) is 4.98 Å². The highest BCUT2D eigenvalue weighted by molar-refractivity contribution is 5.85. The summed E-state index contributed by atoms with van der Waals surface area (Å²) in [6, 6.07) is 11.0. The van der Waals surface area contributed by atoms with Crippen LogP contribution in [0.1, 0.15) is 48.2 Å². The Morgan fingerprint density at radius 2 is 1.76 bits per heavy atom. The van der Waals surface area contributed by atoms with Gasteiger partial charge in [0.05, 0.1) is 5.69 Å². The van der Waals surface area contributed by atoms with Crippen LogP contribution in [0.25, 0.3) is 11.6 Å². The van der Waals surface area contributed by atoms with Crippen LogP contribution in [-0.2, 0) is 6.42 Å². The Labute approximate surface area is 127 Å². The van der Waals surface area contributed by atoms with Crippen molar-refractivity contribution >= 4 is 11.6 Å². The van der Waals surface area contributed by atoms with E-state index in [2.05, 4.69) is 64.1 Å². The van der Waals surface area contributed by atoms with E-state index < -0.39 is 0 Å². The monoisotopic (exact) mass is 277 g/mol. The van der Waals surface area contributed by atoms with Gasteiger partial charge in [-0.2, -0.15) is 0 Å². The molecule has 1 nitrogen and oxygen atoms in total. The molecule has 2 aromatic rings. The van der Waals surface area contributed by atoms with Crippen molar-refractivity contribution in [2.24, 2.45) is 5.41 Å². The summed E-state index contributed by atoms with van der Waals surface area (Å²) in [6.07, 6.45) is 6.62. The zero-order valence-corrected chi connectivity index (χ0v) is 13.4. The van der Waals surface area contributed by atoms with Gasteiger partial charge in [-0.05, 0) is 60.4 Å². The Balaban J connectivity index is 2.12. The third-order valence-corrected chi connectivity index (χ3v) is 4.50. The van der Waals surface area contributed by atoms with Gasteiger partial charge in [-0.25, -0.2) is 0 Å². The molecule has 1 heteroatoms. The molecule has 0 unspecified atom stereocenters. The minimum atomic E-state index is 0.181. The van der Waals surface area contributed by atoms with Gasteiger partial charge in [0, 0.05) is 6.20 Å². The van der Waals surface area contributed by atoms with Crippen LogP contribution in [-0.4, -0.2) is 4.98 Å². The van der Waals surface area contributed by atoms with Gasteiger partial charge in [0.25, 0.3) is 0 Å². The molecule has 108 valence electrons. The van der Waals surface area contributed by atoms with Crippen molar-refractivity contribution in [2.75, 3.05) is 0 Å². The van der Waals surface area contributed by atoms with Crippen molar-refractivity contribution in [1.29, 1.82) is 0 Å². The molecular formula is C20H23N. The molecule has 1 aliphatic rings. The Morgan fingerprint density at radius 1 is 1.05 bits per heavy atom. The number of fused-ring (bicyclic) bond motifs is 1. The van der Waals surface area contributed by atoms with Crippen LogP contribution in [0.2, 0.25) is 0 Å². The number of aromatic nitrogens is 1. The van der Waals surface area contributed by atoms with Gasteiger partial charge in [-0.15, -0.1) is 0 Å². The highest BCUT2D eigenvalue weighted by atomic mass is 14.7. The average Bonchev–Trinajstić information content (AvgIpc) is 2.44. The summed E-state index contributed by atoms with van der Waals surface area (Å²) < 4.78 is 0. The quantitative estimate of drug-likeness (QED) is 0.697. The smallest absolute Gasteiger partial charge is 0.0699 e. The molecule has 0 bridgehead atoms. The zero-order chi connectivity index (χ0) is 15.0. The van der Waals surface area contributed by atoms with E-state index in [9.17, 15) is 0 Å². The molecular weight excluding hydrogens is 254 g/mol. The minimum Gasteiger partial charge on any atom is -0.256 e. The number of benzene rings is 1. The highest BCUT2D eigenvalue weighted by Crippen LogP contribution is 2.44. The second kappa shape index (κ2) is 5.14. The van der Waals surface area contributed by atoms with E-state index in [1.54, 1.807) is 0 Å². The van der Waals surface area contributed by atoms with Crippen molar-refractivity contribution in [2.45, 2.75) is 40.5 Å². The molecule has 0 amide bonds. The maximum atomic E-state index is 4.74. The summed E-state index contributed by atoms with van der Waals surface area (Å²) in [5.74, 6) is 0. The molecule has 1 heterocycles. The SMILES string of the molecule is Cc1ccc(/C=C2\c3ncc(C)cc3CCC2(C)C)cc1. The molecule has 1 aliphatic carbocycles. The Bertz CT molecular complexity index is 690. The number of aryl methyl sites for hydroxylation is 3. The molecule has 21 heavy (non-hydrogen) atoms. The van der Waals surface area contributed by atoms with Gasteiger partial charge in [0.15, 0.2) is 0 Å². The van der Waals surface area contributed by atoms with E-state index in [0.29, 0.717) is 0 Å². The third kappa shape index (κ3) is 2.78. The molecule has 0 spiro atoms. The van der Waals surface area contributed by atoms with E-state index in [-0.39, 0.29) is 5.41 Å². The van der Waals surface area contributed by atoms with Gasteiger partial charge in [-0.1, -0.05) is 49.7 Å². The van der Waals surface area contributed by atoms with Crippen LogP contribution in [0.3, 0.4) is 0 Å². The predicted octanol–water partition coefficient (Wildman–Crippen LogP) is 5.21. The highest BCUT2D eigenvalue weighted by Gasteiger charge is 2.31. The van der Waals surface area contributed by atoms with Crippen LogP contribution in [0.5, 0.6) is 0 Å². The molecule has 0 N–H and O–H groups in total. The lowest BCUT2D eigenvalue weighted by Crippen LogP contribution is -2.22. The van der Waals surface area contributed by atoms with Crippen LogP contribution in [0.15, 0.2) is 36.5 Å². The summed E-state index contributed by atoms with van der Waals surface area (Å²) in [7, 11) is 0. The zero-order valence-electron chi connectivity index (χ0n) is 13.4. The second-order valence-corrected chi connectivity index (χ2v) is 6.87. The number of nitrogens with zero attached hydrogens (tertiary/aromatic N) is 1. The summed E-state index contributed by atoms with van der Waals surface area (Å²) in [6.45, 7) is 8.91. The largest absolute Gasteiger partial charge is 0.256 e. The van der Waals surface area contributed by atoms with Gasteiger partial charge in [0.1, 0.15) is 0 Å². The van der Waals surface area contributed by atoms with E-state index in [0.717, 1.165) is 6.42 Å². The number of hydrogen-bond donors (Lipinski definition) is 0. The number of hydrogen-bond acceptors (Lipinski definition) is 1. The fraction of sp³-hybridized carbons (Fsp3) is 0.350. The minimum absolute atomic E-state index is 0.181. The van der Waals surface area contributed by atoms with Crippen LogP contribution in [0.4, 0.5) is 0 Å². The standard InChI is InChI=1S/C20H23N/c1-14-5-7-16(8-6-14)12-18-19-17(9-10-20(18,3)4)11-15(2)13-21-19/h5-8,11-13H,9-10H2,1-4H3/b18-12+. The maximum Gasteiger partial charge on any atom is 0.0699 e. The van der Waals surface area contributed by atoms with Crippen molar-refractivity contribution in [3.05, 3.63) is 64.5 Å². The fourth-order valence-electron chi connectivity index (χ4n) is 3.06. The predicted molar refractivity (Wildman–Crippen MR) is 90.1 cm³/mol. The van der Waals surface area contributed by atoms with Gasteiger partial charge >= 0.3 is 0 Å². The van der Waals surface area contributed by atoms with E-state index in [4.69, 9.17) is 4.98 Å². The Morgan fingerprint density at radius 3 is 2.48 bits per heavy atom. The molecule has 0 fully saturated rings. The first-order chi connectivity index (χ1) is 9.95. The second-order valence-electron chi connectivity index (χ2n) is 6.87. The maximum absolute atomic E-state index is 4.74. The lowest BCUT2D eigenvalue weighted by atomic mass is 9.71. The van der Waals surface area contributed by atoms with Gasteiger partial charge < -0.3 is 0 Å². The first kappa shape index (κ1) is 14.1. The normalized spacial score (nSPS) is 18.6. The van der Waals surface area contributed by atoms with Crippen molar-refractivity contribution in [3.8, 4) is 0 Å². The first-order valence-corrected chi connectivity index (χ1v) is 7.70. The van der Waals surface area contributed by atoms with Gasteiger partial charge in [0.2, 0.25) is 0 Å². The lowest BCUT2D eigenvalue weighted by molar-refractivity contribution is 0.442. The number of pyridine rings is 1. The molecule has 3 rings (SSSR count). The summed E-state index contributed by atoms with van der Waals surface area (Å²) >= 11 is 0. The van der Waals surface area contributed by atoms with E-state index in [1.807, 2.05) is 6.20 Å². The molecule has 0 radical (unpaired) electrons. The summed E-state index contributed by atoms with van der Waals surface area (Å²) in [4.78, 5) is 4.74. The third-order valence-electron chi connectivity index (χ3n) is 4.50. The van der Waals surface area contributed by atoms with Crippen LogP contribution >= 0.6 is 0 Å².